The Morgan fingerprint density at radius 1 is 1.20 bits per heavy atom. The molecule has 7 nitrogen and oxygen atoms in total. The van der Waals surface area contributed by atoms with Crippen molar-refractivity contribution in [2.45, 2.75) is 24.8 Å². The number of nitrogens with zero attached hydrogens (tertiary/aromatic N) is 3. The van der Waals surface area contributed by atoms with E-state index in [-0.39, 0.29) is 4.90 Å². The summed E-state index contributed by atoms with van der Waals surface area (Å²) < 4.78 is 27.8. The summed E-state index contributed by atoms with van der Waals surface area (Å²) in [6, 6.07) is 7.72. The second-order valence-electron chi connectivity index (χ2n) is 5.49. The molecule has 3 aromatic rings. The zero-order chi connectivity index (χ0) is 18.0. The van der Waals surface area contributed by atoms with E-state index in [0.717, 1.165) is 5.56 Å². The Balaban J connectivity index is 1.84. The van der Waals surface area contributed by atoms with E-state index >= 15 is 0 Å². The number of halogens is 1. The second-order valence-corrected chi connectivity index (χ2v) is 7.58. The van der Waals surface area contributed by atoms with Crippen LogP contribution in [0.1, 0.15) is 24.4 Å². The molecule has 0 aliphatic heterocycles. The maximum Gasteiger partial charge on any atom is 0.241 e. The molecule has 0 saturated heterocycles. The molecule has 2 heterocycles. The van der Waals surface area contributed by atoms with Crippen molar-refractivity contribution in [1.82, 2.24) is 24.9 Å². The minimum absolute atomic E-state index is 0.140. The number of H-pyrrole nitrogens is 1. The molecule has 2 aromatic heterocycles. The van der Waals surface area contributed by atoms with E-state index in [1.807, 2.05) is 0 Å². The van der Waals surface area contributed by atoms with Gasteiger partial charge in [0.15, 0.2) is 5.82 Å². The number of hydrogen-bond donors (Lipinski definition) is 2. The van der Waals surface area contributed by atoms with E-state index in [4.69, 9.17) is 11.6 Å². The Morgan fingerprint density at radius 2 is 1.92 bits per heavy atom. The molecule has 0 amide bonds. The zero-order valence-electron chi connectivity index (χ0n) is 13.6. The molecule has 0 spiro atoms. The predicted octanol–water partition coefficient (Wildman–Crippen LogP) is 2.87. The largest absolute Gasteiger partial charge is 0.265 e. The highest BCUT2D eigenvalue weighted by Crippen LogP contribution is 2.24. The topological polar surface area (TPSA) is 101 Å². The van der Waals surface area contributed by atoms with Crippen LogP contribution < -0.4 is 4.72 Å². The van der Waals surface area contributed by atoms with Crippen LogP contribution in [0.15, 0.2) is 47.6 Å². The van der Waals surface area contributed by atoms with Gasteiger partial charge in [0.1, 0.15) is 5.82 Å². The number of rotatable bonds is 5. The summed E-state index contributed by atoms with van der Waals surface area (Å²) >= 11 is 6.02. The van der Waals surface area contributed by atoms with Crippen molar-refractivity contribution >= 4 is 21.6 Å². The van der Waals surface area contributed by atoms with Crippen LogP contribution in [0.25, 0.3) is 11.4 Å². The Bertz CT molecular complexity index is 989. The molecule has 0 radical (unpaired) electrons. The molecule has 0 fully saturated rings. The summed E-state index contributed by atoms with van der Waals surface area (Å²) in [5.41, 5.74) is 1.29. The first-order valence-corrected chi connectivity index (χ1v) is 9.35. The van der Waals surface area contributed by atoms with Gasteiger partial charge in [0, 0.05) is 23.0 Å². The van der Waals surface area contributed by atoms with Crippen molar-refractivity contribution in [1.29, 1.82) is 0 Å². The summed E-state index contributed by atoms with van der Waals surface area (Å²) in [6.45, 7) is 3.35. The average Bonchev–Trinajstić information content (AvgIpc) is 3.08. The first-order chi connectivity index (χ1) is 11.9. The minimum Gasteiger partial charge on any atom is -0.265 e. The van der Waals surface area contributed by atoms with Crippen molar-refractivity contribution in [2.24, 2.45) is 0 Å². The molecule has 2 N–H and O–H groups in total. The lowest BCUT2D eigenvalue weighted by molar-refractivity contribution is 0.560. The summed E-state index contributed by atoms with van der Waals surface area (Å²) in [4.78, 5) is 8.43. The second kappa shape index (κ2) is 6.91. The van der Waals surface area contributed by atoms with Gasteiger partial charge < -0.3 is 0 Å². The van der Waals surface area contributed by atoms with E-state index in [0.29, 0.717) is 22.2 Å². The van der Waals surface area contributed by atoms with Crippen molar-refractivity contribution < 1.29 is 8.42 Å². The molecule has 9 heteroatoms. The molecule has 0 aliphatic carbocycles. The number of benzene rings is 1. The summed E-state index contributed by atoms with van der Waals surface area (Å²) in [7, 11) is -3.75. The van der Waals surface area contributed by atoms with E-state index in [1.54, 1.807) is 50.5 Å². The molecule has 0 bridgehead atoms. The number of nitrogens with one attached hydrogen (secondary N) is 2. The maximum absolute atomic E-state index is 12.6. The summed E-state index contributed by atoms with van der Waals surface area (Å²) in [5, 5.41) is 7.29. The van der Waals surface area contributed by atoms with Gasteiger partial charge in [-0.3, -0.25) is 10.1 Å². The van der Waals surface area contributed by atoms with Gasteiger partial charge in [-0.15, -0.1) is 0 Å². The predicted molar refractivity (Wildman–Crippen MR) is 94.5 cm³/mol. The van der Waals surface area contributed by atoms with Crippen molar-refractivity contribution in [3.05, 3.63) is 59.1 Å². The molecular weight excluding hydrogens is 362 g/mol. The van der Waals surface area contributed by atoms with Crippen LogP contribution in [-0.4, -0.2) is 28.6 Å². The number of hydrogen-bond acceptors (Lipinski definition) is 5. The van der Waals surface area contributed by atoms with Crippen LogP contribution in [0, 0.1) is 6.92 Å². The van der Waals surface area contributed by atoms with Crippen LogP contribution >= 0.6 is 11.6 Å². The molecule has 1 atom stereocenters. The molecule has 1 aromatic carbocycles. The molecule has 0 saturated carbocycles. The first kappa shape index (κ1) is 17.5. The third kappa shape index (κ3) is 3.71. The monoisotopic (exact) mass is 377 g/mol. The zero-order valence-corrected chi connectivity index (χ0v) is 15.1. The fraction of sp³-hybridized carbons (Fsp3) is 0.188. The quantitative estimate of drug-likeness (QED) is 0.712. The molecule has 0 aliphatic rings. The van der Waals surface area contributed by atoms with Crippen LogP contribution in [0.2, 0.25) is 5.02 Å². The van der Waals surface area contributed by atoms with Crippen LogP contribution in [0.4, 0.5) is 0 Å². The van der Waals surface area contributed by atoms with E-state index in [2.05, 4.69) is 24.9 Å². The van der Waals surface area contributed by atoms with E-state index in [9.17, 15) is 8.42 Å². The highest BCUT2D eigenvalue weighted by Gasteiger charge is 2.23. The normalized spacial score (nSPS) is 12.9. The third-order valence-electron chi connectivity index (χ3n) is 3.69. The van der Waals surface area contributed by atoms with Gasteiger partial charge in [-0.2, -0.15) is 5.10 Å². The van der Waals surface area contributed by atoms with E-state index < -0.39 is 16.1 Å². The lowest BCUT2D eigenvalue weighted by atomic mass is 10.2. The molecular formula is C16H16ClN5O2S. The van der Waals surface area contributed by atoms with Gasteiger partial charge >= 0.3 is 0 Å². The molecule has 130 valence electrons. The van der Waals surface area contributed by atoms with Crippen LogP contribution in [-0.2, 0) is 10.0 Å². The number of pyridine rings is 1. The Kier molecular flexibility index (Phi) is 4.85. The van der Waals surface area contributed by atoms with Gasteiger partial charge in [0.2, 0.25) is 10.0 Å². The average molecular weight is 378 g/mol. The van der Waals surface area contributed by atoms with Gasteiger partial charge in [0.05, 0.1) is 10.9 Å². The molecule has 0 unspecified atom stereocenters. The Hall–Kier alpha value is -2.29. The third-order valence-corrected chi connectivity index (χ3v) is 5.79. The Morgan fingerprint density at radius 3 is 2.64 bits per heavy atom. The van der Waals surface area contributed by atoms with Gasteiger partial charge in [0.25, 0.3) is 0 Å². The SMILES string of the molecule is Cc1c(Cl)cccc1S(=O)(=O)N[C@H](C)c1nc(-c2ccncc2)n[nH]1. The molecule has 3 rings (SSSR count). The standard InChI is InChI=1S/C16H16ClN5O2S/c1-10-13(17)4-3-5-14(10)25(23,24)22-11(2)15-19-16(21-20-15)12-6-8-18-9-7-12/h3-9,11,22H,1-2H3,(H,19,20,21)/t11-/m1/s1. The molecule has 25 heavy (non-hydrogen) atoms. The maximum atomic E-state index is 12.6. The van der Waals surface area contributed by atoms with Crippen molar-refractivity contribution in [3.63, 3.8) is 0 Å². The summed E-state index contributed by atoms with van der Waals surface area (Å²) in [5.74, 6) is 0.887. The fourth-order valence-electron chi connectivity index (χ4n) is 2.33. The van der Waals surface area contributed by atoms with Crippen molar-refractivity contribution in [3.8, 4) is 11.4 Å². The van der Waals surface area contributed by atoms with Crippen molar-refractivity contribution in [2.75, 3.05) is 0 Å². The fourth-order valence-corrected chi connectivity index (χ4v) is 4.03. The van der Waals surface area contributed by atoms with Gasteiger partial charge in [-0.1, -0.05) is 17.7 Å². The lowest BCUT2D eigenvalue weighted by Crippen LogP contribution is -2.28. The Labute approximate surface area is 150 Å². The highest BCUT2D eigenvalue weighted by atomic mass is 35.5. The number of sulfonamides is 1. The summed E-state index contributed by atoms with van der Waals surface area (Å²) in [6.07, 6.45) is 3.28. The minimum atomic E-state index is -3.75. The van der Waals surface area contributed by atoms with Gasteiger partial charge in [-0.05, 0) is 43.7 Å². The lowest BCUT2D eigenvalue weighted by Gasteiger charge is -2.14. The number of aromatic nitrogens is 4. The highest BCUT2D eigenvalue weighted by molar-refractivity contribution is 7.89. The number of aromatic amines is 1. The van der Waals surface area contributed by atoms with E-state index in [1.165, 1.54) is 6.07 Å². The first-order valence-electron chi connectivity index (χ1n) is 7.48. The van der Waals surface area contributed by atoms with Crippen LogP contribution in [0.5, 0.6) is 0 Å². The smallest absolute Gasteiger partial charge is 0.241 e. The van der Waals surface area contributed by atoms with Gasteiger partial charge in [-0.25, -0.2) is 18.1 Å². The van der Waals surface area contributed by atoms with Crippen LogP contribution in [0.3, 0.4) is 0 Å².